The largest absolute Gasteiger partial charge is 0.428 e. The van der Waals surface area contributed by atoms with E-state index < -0.39 is 35.6 Å². The first-order chi connectivity index (χ1) is 9.34. The molecule has 0 amide bonds. The van der Waals surface area contributed by atoms with E-state index in [-0.39, 0.29) is 18.6 Å². The SMILES string of the molecule is CC(C)(C)C(=O)CC(N)CC(=O)OCOC(=O)C(C)(C)C. The molecule has 0 saturated heterocycles. The van der Waals surface area contributed by atoms with E-state index in [1.165, 1.54) is 0 Å². The molecule has 0 bridgehead atoms. The fraction of sp³-hybridized carbons (Fsp3) is 0.800. The summed E-state index contributed by atoms with van der Waals surface area (Å²) in [5.74, 6) is -1.06. The van der Waals surface area contributed by atoms with Gasteiger partial charge < -0.3 is 15.2 Å². The summed E-state index contributed by atoms with van der Waals surface area (Å²) < 4.78 is 9.58. The van der Waals surface area contributed by atoms with Gasteiger partial charge in [-0.15, -0.1) is 0 Å². The third-order valence-corrected chi connectivity index (χ3v) is 2.74. The summed E-state index contributed by atoms with van der Waals surface area (Å²) >= 11 is 0. The normalized spacial score (nSPS) is 13.5. The molecule has 0 spiro atoms. The Hall–Kier alpha value is -1.43. The first kappa shape index (κ1) is 19.6. The van der Waals surface area contributed by atoms with Crippen molar-refractivity contribution in [2.45, 2.75) is 60.4 Å². The summed E-state index contributed by atoms with van der Waals surface area (Å²) in [6, 6.07) is -0.595. The molecule has 0 radical (unpaired) electrons. The summed E-state index contributed by atoms with van der Waals surface area (Å²) in [7, 11) is 0. The summed E-state index contributed by atoms with van der Waals surface area (Å²) in [6.45, 7) is 10.1. The topological polar surface area (TPSA) is 95.7 Å². The van der Waals surface area contributed by atoms with Gasteiger partial charge in [-0.1, -0.05) is 20.8 Å². The quantitative estimate of drug-likeness (QED) is 0.593. The second-order valence-electron chi connectivity index (χ2n) is 7.16. The zero-order valence-corrected chi connectivity index (χ0v) is 13.8. The van der Waals surface area contributed by atoms with Crippen molar-refractivity contribution in [1.82, 2.24) is 0 Å². The highest BCUT2D eigenvalue weighted by Gasteiger charge is 2.25. The lowest BCUT2D eigenvalue weighted by atomic mass is 9.87. The molecule has 6 heteroatoms. The van der Waals surface area contributed by atoms with Gasteiger partial charge in [0.05, 0.1) is 11.8 Å². The summed E-state index contributed by atoms with van der Waals surface area (Å²) in [5, 5.41) is 0. The fourth-order valence-corrected chi connectivity index (χ4v) is 1.25. The van der Waals surface area contributed by atoms with Gasteiger partial charge in [-0.25, -0.2) is 0 Å². The fourth-order valence-electron chi connectivity index (χ4n) is 1.25. The summed E-state index contributed by atoms with van der Waals surface area (Å²) in [5.41, 5.74) is 4.61. The molecule has 1 atom stereocenters. The Bertz CT molecular complexity index is 390. The van der Waals surface area contributed by atoms with E-state index in [9.17, 15) is 14.4 Å². The minimum absolute atomic E-state index is 0.0121. The second-order valence-corrected chi connectivity index (χ2v) is 7.16. The van der Waals surface area contributed by atoms with Crippen molar-refractivity contribution in [3.63, 3.8) is 0 Å². The number of ketones is 1. The van der Waals surface area contributed by atoms with E-state index >= 15 is 0 Å². The lowest BCUT2D eigenvalue weighted by Crippen LogP contribution is -2.32. The number of nitrogens with two attached hydrogens (primary N) is 1. The molecule has 0 aliphatic carbocycles. The molecule has 6 nitrogen and oxygen atoms in total. The average Bonchev–Trinajstić information content (AvgIpc) is 2.25. The van der Waals surface area contributed by atoms with Crippen LogP contribution in [0.1, 0.15) is 54.4 Å². The van der Waals surface area contributed by atoms with E-state index in [1.54, 1.807) is 41.5 Å². The van der Waals surface area contributed by atoms with Crippen LogP contribution in [0.3, 0.4) is 0 Å². The van der Waals surface area contributed by atoms with Crippen LogP contribution >= 0.6 is 0 Å². The van der Waals surface area contributed by atoms with Crippen LogP contribution in [0.25, 0.3) is 0 Å². The van der Waals surface area contributed by atoms with Crippen LogP contribution in [0.4, 0.5) is 0 Å². The first-order valence-electron chi connectivity index (χ1n) is 6.95. The molecule has 0 aliphatic heterocycles. The number of hydrogen-bond acceptors (Lipinski definition) is 6. The summed E-state index contributed by atoms with van der Waals surface area (Å²) in [6.07, 6.45) is 0.0231. The van der Waals surface area contributed by atoms with Gasteiger partial charge in [-0.05, 0) is 20.8 Å². The molecule has 0 heterocycles. The number of ether oxygens (including phenoxy) is 2. The van der Waals surface area contributed by atoms with E-state index in [4.69, 9.17) is 15.2 Å². The highest BCUT2D eigenvalue weighted by molar-refractivity contribution is 5.84. The van der Waals surface area contributed by atoms with Crippen molar-refractivity contribution >= 4 is 17.7 Å². The van der Waals surface area contributed by atoms with Crippen LogP contribution in [0.15, 0.2) is 0 Å². The Morgan fingerprint density at radius 1 is 0.905 bits per heavy atom. The van der Waals surface area contributed by atoms with Crippen molar-refractivity contribution in [3.8, 4) is 0 Å². The van der Waals surface area contributed by atoms with Crippen molar-refractivity contribution in [3.05, 3.63) is 0 Å². The van der Waals surface area contributed by atoms with Crippen LogP contribution in [0.5, 0.6) is 0 Å². The molecule has 0 aromatic rings. The third-order valence-electron chi connectivity index (χ3n) is 2.74. The van der Waals surface area contributed by atoms with Crippen molar-refractivity contribution in [2.24, 2.45) is 16.6 Å². The molecular weight excluding hydrogens is 274 g/mol. The predicted molar refractivity (Wildman–Crippen MR) is 78.2 cm³/mol. The van der Waals surface area contributed by atoms with Crippen LogP contribution in [-0.2, 0) is 23.9 Å². The van der Waals surface area contributed by atoms with Gasteiger partial charge >= 0.3 is 11.9 Å². The maximum Gasteiger partial charge on any atom is 0.314 e. The minimum atomic E-state index is -0.651. The van der Waals surface area contributed by atoms with Crippen molar-refractivity contribution < 1.29 is 23.9 Å². The Labute approximate surface area is 126 Å². The van der Waals surface area contributed by atoms with Gasteiger partial charge in [0.25, 0.3) is 0 Å². The molecule has 0 aromatic heterocycles. The van der Waals surface area contributed by atoms with Gasteiger partial charge in [0.15, 0.2) is 0 Å². The monoisotopic (exact) mass is 301 g/mol. The van der Waals surface area contributed by atoms with E-state index in [1.807, 2.05) is 0 Å². The molecule has 0 fully saturated rings. The van der Waals surface area contributed by atoms with Gasteiger partial charge in [-0.2, -0.15) is 0 Å². The number of carbonyl (C=O) groups excluding carboxylic acids is 3. The molecule has 21 heavy (non-hydrogen) atoms. The third kappa shape index (κ3) is 8.45. The van der Waals surface area contributed by atoms with E-state index in [0.717, 1.165) is 0 Å². The molecule has 2 N–H and O–H groups in total. The van der Waals surface area contributed by atoms with Crippen LogP contribution in [0, 0.1) is 10.8 Å². The molecular formula is C15H27NO5. The smallest absolute Gasteiger partial charge is 0.314 e. The molecule has 0 saturated carbocycles. The number of hydrogen-bond donors (Lipinski definition) is 1. The Morgan fingerprint density at radius 3 is 1.86 bits per heavy atom. The average molecular weight is 301 g/mol. The summed E-state index contributed by atoms with van der Waals surface area (Å²) in [4.78, 5) is 34.7. The molecule has 0 rings (SSSR count). The number of carbonyl (C=O) groups is 3. The second kappa shape index (κ2) is 7.54. The molecule has 122 valence electrons. The van der Waals surface area contributed by atoms with Gasteiger partial charge in [0, 0.05) is 17.9 Å². The zero-order valence-electron chi connectivity index (χ0n) is 13.8. The van der Waals surface area contributed by atoms with Crippen LogP contribution in [0.2, 0.25) is 0 Å². The maximum absolute atomic E-state index is 11.8. The van der Waals surface area contributed by atoms with Crippen LogP contribution < -0.4 is 5.73 Å². The Kier molecular flexibility index (Phi) is 7.03. The molecule has 0 aliphatic rings. The standard InChI is InChI=1S/C15H27NO5/c1-14(2,3)11(17)7-10(16)8-12(18)20-9-21-13(19)15(4,5)6/h10H,7-9,16H2,1-6H3. The van der Waals surface area contributed by atoms with E-state index in [2.05, 4.69) is 0 Å². The maximum atomic E-state index is 11.8. The van der Waals surface area contributed by atoms with E-state index in [0.29, 0.717) is 0 Å². The molecule has 1 unspecified atom stereocenters. The Morgan fingerprint density at radius 2 is 1.43 bits per heavy atom. The minimum Gasteiger partial charge on any atom is -0.428 e. The highest BCUT2D eigenvalue weighted by atomic mass is 16.7. The number of esters is 2. The zero-order chi connectivity index (χ0) is 16.8. The van der Waals surface area contributed by atoms with Crippen LogP contribution in [-0.4, -0.2) is 30.6 Å². The number of Topliss-reactive ketones (excluding diaryl/α,β-unsaturated/α-hetero) is 1. The predicted octanol–water partition coefficient (Wildman–Crippen LogP) is 1.80. The van der Waals surface area contributed by atoms with Gasteiger partial charge in [0.2, 0.25) is 6.79 Å². The Balaban J connectivity index is 4.05. The van der Waals surface area contributed by atoms with Crippen molar-refractivity contribution in [1.29, 1.82) is 0 Å². The first-order valence-corrected chi connectivity index (χ1v) is 6.95. The molecule has 0 aromatic carbocycles. The van der Waals surface area contributed by atoms with Gasteiger partial charge in [-0.3, -0.25) is 14.4 Å². The number of rotatable bonds is 6. The highest BCUT2D eigenvalue weighted by Crippen LogP contribution is 2.18. The van der Waals surface area contributed by atoms with Gasteiger partial charge in [0.1, 0.15) is 5.78 Å². The van der Waals surface area contributed by atoms with Crippen molar-refractivity contribution in [2.75, 3.05) is 6.79 Å². The lowest BCUT2D eigenvalue weighted by molar-refractivity contribution is -0.173. The lowest BCUT2D eigenvalue weighted by Gasteiger charge is -2.19.